The Labute approximate surface area is 155 Å². The largest absolute Gasteiger partial charge is 0.387 e. The molecule has 0 aliphatic heterocycles. The topological polar surface area (TPSA) is 90.5 Å². The highest BCUT2D eigenvalue weighted by molar-refractivity contribution is 5.94. The van der Waals surface area contributed by atoms with Crippen molar-refractivity contribution >= 4 is 23.3 Å². The SMILES string of the molecule is CC(C)C(=O)Nc1cccc(NC(=O)NCC(O)c2ccc(F)c(F)c2)c1. The summed E-state index contributed by atoms with van der Waals surface area (Å²) < 4.78 is 26.1. The van der Waals surface area contributed by atoms with Crippen LogP contribution in [0.25, 0.3) is 0 Å². The fourth-order valence-electron chi connectivity index (χ4n) is 2.16. The van der Waals surface area contributed by atoms with Crippen molar-refractivity contribution in [3.8, 4) is 0 Å². The molecule has 0 heterocycles. The normalized spacial score (nSPS) is 11.8. The van der Waals surface area contributed by atoms with Gasteiger partial charge in [-0.25, -0.2) is 13.6 Å². The van der Waals surface area contributed by atoms with Gasteiger partial charge >= 0.3 is 6.03 Å². The van der Waals surface area contributed by atoms with E-state index >= 15 is 0 Å². The minimum absolute atomic E-state index is 0.146. The molecule has 0 fully saturated rings. The quantitative estimate of drug-likeness (QED) is 0.622. The van der Waals surface area contributed by atoms with Gasteiger partial charge in [0.2, 0.25) is 5.91 Å². The number of carbonyl (C=O) groups is 2. The summed E-state index contributed by atoms with van der Waals surface area (Å²) in [5.74, 6) is -2.41. The first kappa shape index (κ1) is 20.3. The Morgan fingerprint density at radius 3 is 2.30 bits per heavy atom. The summed E-state index contributed by atoms with van der Waals surface area (Å²) in [5.41, 5.74) is 1.12. The highest BCUT2D eigenvalue weighted by Crippen LogP contribution is 2.17. The van der Waals surface area contributed by atoms with Gasteiger partial charge in [0, 0.05) is 23.8 Å². The summed E-state index contributed by atoms with van der Waals surface area (Å²) in [7, 11) is 0. The van der Waals surface area contributed by atoms with E-state index in [1.54, 1.807) is 38.1 Å². The molecule has 0 spiro atoms. The van der Waals surface area contributed by atoms with Gasteiger partial charge in [0.15, 0.2) is 11.6 Å². The predicted molar refractivity (Wildman–Crippen MR) is 98.2 cm³/mol. The summed E-state index contributed by atoms with van der Waals surface area (Å²) >= 11 is 0. The van der Waals surface area contributed by atoms with Gasteiger partial charge in [-0.1, -0.05) is 26.0 Å². The number of nitrogens with one attached hydrogen (secondary N) is 3. The smallest absolute Gasteiger partial charge is 0.319 e. The van der Waals surface area contributed by atoms with E-state index in [2.05, 4.69) is 16.0 Å². The van der Waals surface area contributed by atoms with Crippen LogP contribution >= 0.6 is 0 Å². The van der Waals surface area contributed by atoms with Crippen molar-refractivity contribution < 1.29 is 23.5 Å². The molecule has 0 saturated carbocycles. The summed E-state index contributed by atoms with van der Waals surface area (Å²) in [6.45, 7) is 3.34. The van der Waals surface area contributed by atoms with Crippen molar-refractivity contribution in [1.82, 2.24) is 5.32 Å². The number of rotatable bonds is 6. The number of carbonyl (C=O) groups excluding carboxylic acids is 2. The lowest BCUT2D eigenvalue weighted by Gasteiger charge is -2.14. The van der Waals surface area contributed by atoms with E-state index in [0.29, 0.717) is 11.4 Å². The minimum Gasteiger partial charge on any atom is -0.387 e. The Morgan fingerprint density at radius 2 is 1.67 bits per heavy atom. The molecule has 2 rings (SSSR count). The Hall–Kier alpha value is -3.00. The van der Waals surface area contributed by atoms with Crippen molar-refractivity contribution in [2.24, 2.45) is 5.92 Å². The number of benzene rings is 2. The summed E-state index contributed by atoms with van der Waals surface area (Å²) in [4.78, 5) is 23.7. The number of urea groups is 1. The summed E-state index contributed by atoms with van der Waals surface area (Å²) in [5, 5.41) is 17.7. The molecule has 4 N–H and O–H groups in total. The van der Waals surface area contributed by atoms with Gasteiger partial charge in [-0.15, -0.1) is 0 Å². The molecule has 0 bridgehead atoms. The molecule has 0 aliphatic carbocycles. The first-order chi connectivity index (χ1) is 12.8. The molecule has 2 aromatic rings. The van der Waals surface area contributed by atoms with Crippen molar-refractivity contribution in [2.45, 2.75) is 20.0 Å². The molecule has 0 saturated heterocycles. The molecule has 3 amide bonds. The summed E-state index contributed by atoms with van der Waals surface area (Å²) in [6, 6.07) is 9.01. The van der Waals surface area contributed by atoms with Crippen LogP contribution in [0.15, 0.2) is 42.5 Å². The monoisotopic (exact) mass is 377 g/mol. The molecular formula is C19H21F2N3O3. The van der Waals surface area contributed by atoms with Gasteiger partial charge in [-0.3, -0.25) is 4.79 Å². The molecule has 1 unspecified atom stereocenters. The van der Waals surface area contributed by atoms with Crippen molar-refractivity contribution in [1.29, 1.82) is 0 Å². The third kappa shape index (κ3) is 6.03. The zero-order valence-corrected chi connectivity index (χ0v) is 14.9. The van der Waals surface area contributed by atoms with Crippen LogP contribution in [0.1, 0.15) is 25.5 Å². The highest BCUT2D eigenvalue weighted by atomic mass is 19.2. The van der Waals surface area contributed by atoms with Crippen molar-refractivity contribution in [3.05, 3.63) is 59.7 Å². The molecule has 1 atom stereocenters. The molecule has 6 nitrogen and oxygen atoms in total. The molecule has 8 heteroatoms. The molecule has 0 radical (unpaired) electrons. The Morgan fingerprint density at radius 1 is 1.00 bits per heavy atom. The van der Waals surface area contributed by atoms with Crippen LogP contribution in [-0.4, -0.2) is 23.6 Å². The van der Waals surface area contributed by atoms with Gasteiger partial charge in [-0.05, 0) is 35.9 Å². The number of aliphatic hydroxyl groups excluding tert-OH is 1. The average Bonchev–Trinajstić information content (AvgIpc) is 2.62. The van der Waals surface area contributed by atoms with Crippen molar-refractivity contribution in [3.63, 3.8) is 0 Å². The Kier molecular flexibility index (Phi) is 6.84. The second-order valence-electron chi connectivity index (χ2n) is 6.25. The van der Waals surface area contributed by atoms with E-state index in [-0.39, 0.29) is 23.9 Å². The van der Waals surface area contributed by atoms with Crippen LogP contribution in [-0.2, 0) is 4.79 Å². The summed E-state index contributed by atoms with van der Waals surface area (Å²) in [6.07, 6.45) is -1.19. The maximum absolute atomic E-state index is 13.2. The second-order valence-corrected chi connectivity index (χ2v) is 6.25. The third-order valence-electron chi connectivity index (χ3n) is 3.70. The molecule has 27 heavy (non-hydrogen) atoms. The molecule has 2 aromatic carbocycles. The first-order valence-electron chi connectivity index (χ1n) is 8.35. The van der Waals surface area contributed by atoms with E-state index in [1.807, 2.05) is 0 Å². The predicted octanol–water partition coefficient (Wildman–Crippen LogP) is 3.41. The Bertz CT molecular complexity index is 828. The van der Waals surface area contributed by atoms with Crippen molar-refractivity contribution in [2.75, 3.05) is 17.2 Å². The van der Waals surface area contributed by atoms with E-state index in [9.17, 15) is 23.5 Å². The standard InChI is InChI=1S/C19H21F2N3O3/c1-11(2)18(26)23-13-4-3-5-14(9-13)24-19(27)22-10-17(25)12-6-7-15(20)16(21)8-12/h3-9,11,17,25H,10H2,1-2H3,(H,23,26)(H2,22,24,27). The van der Waals surface area contributed by atoms with Crippen LogP contribution in [0.3, 0.4) is 0 Å². The average molecular weight is 377 g/mol. The lowest BCUT2D eigenvalue weighted by molar-refractivity contribution is -0.118. The number of amides is 3. The fraction of sp³-hybridized carbons (Fsp3) is 0.263. The number of hydrogen-bond donors (Lipinski definition) is 4. The van der Waals surface area contributed by atoms with Crippen LogP contribution < -0.4 is 16.0 Å². The fourth-order valence-corrected chi connectivity index (χ4v) is 2.16. The number of aliphatic hydroxyl groups is 1. The number of anilines is 2. The van der Waals surface area contributed by atoms with E-state index in [1.165, 1.54) is 6.07 Å². The Balaban J connectivity index is 1.90. The van der Waals surface area contributed by atoms with Gasteiger partial charge in [0.25, 0.3) is 0 Å². The second kappa shape index (κ2) is 9.09. The molecule has 144 valence electrons. The lowest BCUT2D eigenvalue weighted by atomic mass is 10.1. The van der Waals surface area contributed by atoms with Gasteiger partial charge < -0.3 is 21.1 Å². The number of halogens is 2. The van der Waals surface area contributed by atoms with Crippen LogP contribution in [0.4, 0.5) is 25.0 Å². The molecule has 0 aliphatic rings. The maximum Gasteiger partial charge on any atom is 0.319 e. The number of hydrogen-bond acceptors (Lipinski definition) is 3. The third-order valence-corrected chi connectivity index (χ3v) is 3.70. The van der Waals surface area contributed by atoms with E-state index in [4.69, 9.17) is 0 Å². The van der Waals surface area contributed by atoms with Crippen LogP contribution in [0.2, 0.25) is 0 Å². The zero-order valence-electron chi connectivity index (χ0n) is 14.9. The van der Waals surface area contributed by atoms with E-state index < -0.39 is 23.8 Å². The lowest BCUT2D eigenvalue weighted by Crippen LogP contribution is -2.32. The van der Waals surface area contributed by atoms with Gasteiger partial charge in [0.05, 0.1) is 6.10 Å². The molecule has 0 aromatic heterocycles. The zero-order chi connectivity index (χ0) is 20.0. The highest BCUT2D eigenvalue weighted by Gasteiger charge is 2.13. The first-order valence-corrected chi connectivity index (χ1v) is 8.35. The van der Waals surface area contributed by atoms with E-state index in [0.717, 1.165) is 12.1 Å². The van der Waals surface area contributed by atoms with Crippen LogP contribution in [0, 0.1) is 17.6 Å². The maximum atomic E-state index is 13.2. The molecular weight excluding hydrogens is 356 g/mol. The minimum atomic E-state index is -1.19. The van der Waals surface area contributed by atoms with Gasteiger partial charge in [-0.2, -0.15) is 0 Å². The van der Waals surface area contributed by atoms with Crippen LogP contribution in [0.5, 0.6) is 0 Å². The van der Waals surface area contributed by atoms with Gasteiger partial charge in [0.1, 0.15) is 0 Å².